The van der Waals surface area contributed by atoms with Crippen LogP contribution in [0.15, 0.2) is 30.5 Å². The third-order valence-corrected chi connectivity index (χ3v) is 5.49. The van der Waals surface area contributed by atoms with E-state index in [1.807, 2.05) is 52.8 Å². The molecule has 0 fully saturated rings. The maximum Gasteiger partial charge on any atom is 0.356 e. The summed E-state index contributed by atoms with van der Waals surface area (Å²) in [7, 11) is 0. The lowest BCUT2D eigenvalue weighted by molar-refractivity contribution is -0.120. The Hall–Kier alpha value is -3.15. The molecule has 0 amide bonds. The molecule has 1 aliphatic rings. The summed E-state index contributed by atoms with van der Waals surface area (Å²) in [6, 6.07) is 5.40. The van der Waals surface area contributed by atoms with E-state index in [1.54, 1.807) is 19.2 Å². The van der Waals surface area contributed by atoms with Crippen LogP contribution in [0.4, 0.5) is 0 Å². The number of pyridine rings is 1. The molecule has 2 aromatic rings. The number of ether oxygens (including phenoxy) is 1. The van der Waals surface area contributed by atoms with Gasteiger partial charge in [0.1, 0.15) is 5.69 Å². The first-order valence-electron chi connectivity index (χ1n) is 11.1. The van der Waals surface area contributed by atoms with Crippen LogP contribution in [0.25, 0.3) is 16.7 Å². The van der Waals surface area contributed by atoms with Gasteiger partial charge in [0.05, 0.1) is 35.6 Å². The van der Waals surface area contributed by atoms with Crippen molar-refractivity contribution in [3.8, 4) is 0 Å². The van der Waals surface area contributed by atoms with E-state index in [1.165, 1.54) is 0 Å². The standard InChI is InChI=1S/C26H31N3O3/c1-7-17(24(30)26(4,5)6)23-16(3)27-15-22(29-23)19-12-9-11-18(19)20-13-10-14-21(28-20)25(31)32-8-2/h7,10,13-15H,8-9,11-12H2,1-6H3/b17-7+. The fourth-order valence-corrected chi connectivity index (χ4v) is 3.86. The van der Waals surface area contributed by atoms with E-state index >= 15 is 0 Å². The van der Waals surface area contributed by atoms with E-state index in [9.17, 15) is 9.59 Å². The van der Waals surface area contributed by atoms with Crippen molar-refractivity contribution < 1.29 is 14.3 Å². The van der Waals surface area contributed by atoms with Gasteiger partial charge in [-0.2, -0.15) is 0 Å². The molecule has 0 saturated heterocycles. The highest BCUT2D eigenvalue weighted by Crippen LogP contribution is 2.39. The fourth-order valence-electron chi connectivity index (χ4n) is 3.86. The first kappa shape index (κ1) is 23.5. The largest absolute Gasteiger partial charge is 0.461 e. The van der Waals surface area contributed by atoms with E-state index in [0.717, 1.165) is 47.5 Å². The Morgan fingerprint density at radius 2 is 1.78 bits per heavy atom. The van der Waals surface area contributed by atoms with Gasteiger partial charge in [0.25, 0.3) is 0 Å². The van der Waals surface area contributed by atoms with Gasteiger partial charge in [-0.15, -0.1) is 0 Å². The Balaban J connectivity index is 2.07. The maximum absolute atomic E-state index is 13.0. The second-order valence-electron chi connectivity index (χ2n) is 8.91. The second-order valence-corrected chi connectivity index (χ2v) is 8.91. The Kier molecular flexibility index (Phi) is 7.02. The van der Waals surface area contributed by atoms with Crippen molar-refractivity contribution in [2.75, 3.05) is 6.61 Å². The molecule has 0 spiro atoms. The zero-order chi connectivity index (χ0) is 23.5. The van der Waals surface area contributed by atoms with Crippen LogP contribution in [-0.4, -0.2) is 33.3 Å². The third-order valence-electron chi connectivity index (χ3n) is 5.49. The summed E-state index contributed by atoms with van der Waals surface area (Å²) < 4.78 is 5.10. The lowest BCUT2D eigenvalue weighted by Crippen LogP contribution is -2.22. The summed E-state index contributed by atoms with van der Waals surface area (Å²) in [6.45, 7) is 11.5. The summed E-state index contributed by atoms with van der Waals surface area (Å²) in [6.07, 6.45) is 6.25. The number of carbonyl (C=O) groups excluding carboxylic acids is 2. The summed E-state index contributed by atoms with van der Waals surface area (Å²) in [4.78, 5) is 39.2. The van der Waals surface area contributed by atoms with Crippen LogP contribution in [-0.2, 0) is 9.53 Å². The molecule has 2 aromatic heterocycles. The summed E-state index contributed by atoms with van der Waals surface area (Å²) in [5, 5.41) is 0. The number of rotatable bonds is 6. The lowest BCUT2D eigenvalue weighted by atomic mass is 9.84. The Bertz CT molecular complexity index is 1110. The molecule has 1 aliphatic carbocycles. The van der Waals surface area contributed by atoms with E-state index in [4.69, 9.17) is 9.72 Å². The van der Waals surface area contributed by atoms with Gasteiger partial charge < -0.3 is 4.74 Å². The number of hydrogen-bond donors (Lipinski definition) is 0. The van der Waals surface area contributed by atoms with Crippen LogP contribution in [0.3, 0.4) is 0 Å². The average Bonchev–Trinajstić information content (AvgIpc) is 3.25. The van der Waals surface area contributed by atoms with E-state index in [-0.39, 0.29) is 5.78 Å². The molecule has 0 aliphatic heterocycles. The number of aryl methyl sites for hydroxylation is 1. The monoisotopic (exact) mass is 433 g/mol. The Labute approximate surface area is 189 Å². The zero-order valence-electron chi connectivity index (χ0n) is 19.8. The molecule has 6 heteroatoms. The zero-order valence-corrected chi connectivity index (χ0v) is 19.8. The van der Waals surface area contributed by atoms with Gasteiger partial charge in [0.2, 0.25) is 0 Å². The number of allylic oxidation sites excluding steroid dienone is 4. The number of hydrogen-bond acceptors (Lipinski definition) is 6. The van der Waals surface area contributed by atoms with Gasteiger partial charge in [0, 0.05) is 11.0 Å². The van der Waals surface area contributed by atoms with Crippen molar-refractivity contribution in [3.63, 3.8) is 0 Å². The molecule has 0 saturated carbocycles. The first-order chi connectivity index (χ1) is 15.2. The second kappa shape index (κ2) is 9.55. The molecule has 0 radical (unpaired) electrons. The van der Waals surface area contributed by atoms with Gasteiger partial charge in [-0.1, -0.05) is 32.9 Å². The van der Waals surface area contributed by atoms with Crippen molar-refractivity contribution in [1.82, 2.24) is 15.0 Å². The van der Waals surface area contributed by atoms with Crippen LogP contribution in [0, 0.1) is 12.3 Å². The highest BCUT2D eigenvalue weighted by molar-refractivity contribution is 6.22. The molecule has 3 rings (SSSR count). The highest BCUT2D eigenvalue weighted by atomic mass is 16.5. The van der Waals surface area contributed by atoms with Gasteiger partial charge in [-0.25, -0.2) is 14.8 Å². The number of Topliss-reactive ketones (excluding diaryl/α,β-unsaturated/α-hetero) is 1. The molecule has 0 N–H and O–H groups in total. The van der Waals surface area contributed by atoms with Crippen molar-refractivity contribution in [2.45, 2.75) is 60.8 Å². The van der Waals surface area contributed by atoms with Crippen LogP contribution in [0.1, 0.15) is 87.1 Å². The fraction of sp³-hybridized carbons (Fsp3) is 0.423. The minimum Gasteiger partial charge on any atom is -0.461 e. The first-order valence-corrected chi connectivity index (χ1v) is 11.1. The molecular weight excluding hydrogens is 402 g/mol. The smallest absolute Gasteiger partial charge is 0.356 e. The highest BCUT2D eigenvalue weighted by Gasteiger charge is 2.28. The van der Waals surface area contributed by atoms with Gasteiger partial charge >= 0.3 is 5.97 Å². The molecule has 32 heavy (non-hydrogen) atoms. The Morgan fingerprint density at radius 3 is 2.41 bits per heavy atom. The predicted octanol–water partition coefficient (Wildman–Crippen LogP) is 5.47. The molecule has 0 bridgehead atoms. The van der Waals surface area contributed by atoms with Crippen LogP contribution >= 0.6 is 0 Å². The molecular formula is C26H31N3O3. The quantitative estimate of drug-likeness (QED) is 0.444. The maximum atomic E-state index is 13.0. The van der Waals surface area contributed by atoms with Crippen LogP contribution < -0.4 is 0 Å². The van der Waals surface area contributed by atoms with Crippen LogP contribution in [0.2, 0.25) is 0 Å². The molecule has 6 nitrogen and oxygen atoms in total. The molecule has 0 aromatic carbocycles. The van der Waals surface area contributed by atoms with Crippen molar-refractivity contribution in [2.24, 2.45) is 5.41 Å². The van der Waals surface area contributed by atoms with Gasteiger partial charge in [-0.3, -0.25) is 9.78 Å². The minimum atomic E-state index is -0.513. The number of carbonyl (C=O) groups is 2. The van der Waals surface area contributed by atoms with E-state index < -0.39 is 11.4 Å². The van der Waals surface area contributed by atoms with Crippen molar-refractivity contribution >= 4 is 28.5 Å². The number of aromatic nitrogens is 3. The summed E-state index contributed by atoms with van der Waals surface area (Å²) >= 11 is 0. The average molecular weight is 434 g/mol. The van der Waals surface area contributed by atoms with Crippen molar-refractivity contribution in [3.05, 3.63) is 58.9 Å². The molecule has 2 heterocycles. The summed E-state index contributed by atoms with van der Waals surface area (Å²) in [5.74, 6) is -0.385. The number of esters is 1. The Morgan fingerprint density at radius 1 is 1.09 bits per heavy atom. The lowest BCUT2D eigenvalue weighted by Gasteiger charge is -2.20. The number of nitrogens with zero attached hydrogens (tertiary/aromatic N) is 3. The molecule has 0 atom stereocenters. The summed E-state index contributed by atoms with van der Waals surface area (Å²) in [5.41, 5.74) is 5.35. The number of ketones is 1. The third kappa shape index (κ3) is 4.85. The molecule has 0 unspecified atom stereocenters. The van der Waals surface area contributed by atoms with E-state index in [2.05, 4.69) is 9.97 Å². The topological polar surface area (TPSA) is 82.0 Å². The van der Waals surface area contributed by atoms with Crippen LogP contribution in [0.5, 0.6) is 0 Å². The minimum absolute atomic E-state index is 0.0407. The van der Waals surface area contributed by atoms with E-state index in [0.29, 0.717) is 23.6 Å². The SMILES string of the molecule is C/C=C(/C(=O)C(C)(C)C)c1nc(C2=C(c3cccc(C(=O)OCC)n3)CCC2)cnc1C. The molecule has 168 valence electrons. The van der Waals surface area contributed by atoms with Gasteiger partial charge in [-0.05, 0) is 63.3 Å². The normalized spacial score (nSPS) is 14.6. The van der Waals surface area contributed by atoms with Crippen molar-refractivity contribution in [1.29, 1.82) is 0 Å². The van der Waals surface area contributed by atoms with Gasteiger partial charge in [0.15, 0.2) is 5.78 Å². The predicted molar refractivity (Wildman–Crippen MR) is 126 cm³/mol.